The molecule has 1 aliphatic heterocycles. The van der Waals surface area contributed by atoms with Crippen LogP contribution < -0.4 is 11.1 Å². The topological polar surface area (TPSA) is 47.3 Å². The monoisotopic (exact) mass is 220 g/mol. The summed E-state index contributed by atoms with van der Waals surface area (Å²) in [6.07, 6.45) is 2.27. The highest BCUT2D eigenvalue weighted by Crippen LogP contribution is 2.26. The van der Waals surface area contributed by atoms with Gasteiger partial charge in [0, 0.05) is 18.0 Å². The SMILES string of the molecule is Cc1cc(N)ccc1NC1(C)CCCOC1. The van der Waals surface area contributed by atoms with E-state index in [1.54, 1.807) is 0 Å². The smallest absolute Gasteiger partial charge is 0.0693 e. The molecule has 0 spiro atoms. The lowest BCUT2D eigenvalue weighted by Crippen LogP contribution is -2.43. The first-order chi connectivity index (χ1) is 7.59. The fraction of sp³-hybridized carbons (Fsp3) is 0.538. The van der Waals surface area contributed by atoms with E-state index in [4.69, 9.17) is 10.5 Å². The number of nitrogens with one attached hydrogen (secondary N) is 1. The summed E-state index contributed by atoms with van der Waals surface area (Å²) in [5.74, 6) is 0. The summed E-state index contributed by atoms with van der Waals surface area (Å²) in [6, 6.07) is 5.97. The van der Waals surface area contributed by atoms with Gasteiger partial charge in [0.25, 0.3) is 0 Å². The molecule has 3 nitrogen and oxygen atoms in total. The lowest BCUT2D eigenvalue weighted by Gasteiger charge is -2.35. The molecule has 1 heterocycles. The maximum Gasteiger partial charge on any atom is 0.0693 e. The Morgan fingerprint density at radius 3 is 2.88 bits per heavy atom. The average Bonchev–Trinajstić information content (AvgIpc) is 2.23. The summed E-state index contributed by atoms with van der Waals surface area (Å²) in [5, 5.41) is 3.57. The van der Waals surface area contributed by atoms with Gasteiger partial charge in [0.05, 0.1) is 12.1 Å². The Labute approximate surface area is 97.0 Å². The van der Waals surface area contributed by atoms with Crippen LogP contribution in [0.15, 0.2) is 18.2 Å². The number of anilines is 2. The van der Waals surface area contributed by atoms with Crippen LogP contribution in [0.3, 0.4) is 0 Å². The molecule has 1 fully saturated rings. The first kappa shape index (κ1) is 11.3. The second kappa shape index (κ2) is 4.34. The van der Waals surface area contributed by atoms with E-state index >= 15 is 0 Å². The molecule has 1 aliphatic rings. The van der Waals surface area contributed by atoms with Gasteiger partial charge >= 0.3 is 0 Å². The van der Waals surface area contributed by atoms with Gasteiger partial charge in [0.2, 0.25) is 0 Å². The molecule has 0 aliphatic carbocycles. The first-order valence-corrected chi connectivity index (χ1v) is 5.81. The van der Waals surface area contributed by atoms with Gasteiger partial charge in [0.1, 0.15) is 0 Å². The van der Waals surface area contributed by atoms with Crippen molar-refractivity contribution in [2.75, 3.05) is 24.3 Å². The predicted molar refractivity (Wildman–Crippen MR) is 67.7 cm³/mol. The summed E-state index contributed by atoms with van der Waals surface area (Å²) in [6.45, 7) is 5.95. The molecule has 1 saturated heterocycles. The number of rotatable bonds is 2. The third-order valence-corrected chi connectivity index (χ3v) is 3.12. The van der Waals surface area contributed by atoms with Crippen molar-refractivity contribution in [1.29, 1.82) is 0 Å². The van der Waals surface area contributed by atoms with Gasteiger partial charge < -0.3 is 15.8 Å². The molecular formula is C13H20N2O. The molecular weight excluding hydrogens is 200 g/mol. The van der Waals surface area contributed by atoms with Crippen molar-refractivity contribution in [2.24, 2.45) is 0 Å². The minimum Gasteiger partial charge on any atom is -0.399 e. The average molecular weight is 220 g/mol. The van der Waals surface area contributed by atoms with E-state index in [2.05, 4.69) is 19.2 Å². The van der Waals surface area contributed by atoms with Crippen LogP contribution in [-0.4, -0.2) is 18.8 Å². The number of hydrogen-bond donors (Lipinski definition) is 2. The fourth-order valence-electron chi connectivity index (χ4n) is 2.18. The molecule has 1 unspecified atom stereocenters. The van der Waals surface area contributed by atoms with E-state index in [1.165, 1.54) is 5.56 Å². The summed E-state index contributed by atoms with van der Waals surface area (Å²) >= 11 is 0. The molecule has 88 valence electrons. The molecule has 3 N–H and O–H groups in total. The maximum absolute atomic E-state index is 5.74. The van der Waals surface area contributed by atoms with Crippen molar-refractivity contribution < 1.29 is 4.74 Å². The summed E-state index contributed by atoms with van der Waals surface area (Å²) in [4.78, 5) is 0. The van der Waals surface area contributed by atoms with E-state index in [0.717, 1.165) is 37.4 Å². The van der Waals surface area contributed by atoms with E-state index in [1.807, 2.05) is 18.2 Å². The zero-order valence-corrected chi connectivity index (χ0v) is 10.0. The molecule has 0 saturated carbocycles. The van der Waals surface area contributed by atoms with E-state index in [9.17, 15) is 0 Å². The van der Waals surface area contributed by atoms with E-state index in [0.29, 0.717) is 0 Å². The second-order valence-corrected chi connectivity index (χ2v) is 4.92. The standard InChI is InChI=1S/C13H20N2O/c1-10-8-11(14)4-5-12(10)15-13(2)6-3-7-16-9-13/h4-5,8,15H,3,6-7,9,14H2,1-2H3. The van der Waals surface area contributed by atoms with Crippen molar-refractivity contribution in [2.45, 2.75) is 32.2 Å². The highest BCUT2D eigenvalue weighted by molar-refractivity contribution is 5.58. The van der Waals surface area contributed by atoms with E-state index in [-0.39, 0.29) is 5.54 Å². The van der Waals surface area contributed by atoms with Crippen molar-refractivity contribution in [3.63, 3.8) is 0 Å². The van der Waals surface area contributed by atoms with Crippen LogP contribution in [0.1, 0.15) is 25.3 Å². The van der Waals surface area contributed by atoms with Gasteiger partial charge in [-0.1, -0.05) is 0 Å². The molecule has 2 rings (SSSR count). The lowest BCUT2D eigenvalue weighted by molar-refractivity contribution is 0.0540. The van der Waals surface area contributed by atoms with Crippen molar-refractivity contribution in [3.8, 4) is 0 Å². The molecule has 0 radical (unpaired) electrons. The van der Waals surface area contributed by atoms with Crippen LogP contribution in [0.4, 0.5) is 11.4 Å². The molecule has 1 atom stereocenters. The van der Waals surface area contributed by atoms with Crippen LogP contribution in [-0.2, 0) is 4.74 Å². The van der Waals surface area contributed by atoms with Crippen LogP contribution >= 0.6 is 0 Å². The van der Waals surface area contributed by atoms with Gasteiger partial charge in [0.15, 0.2) is 0 Å². The van der Waals surface area contributed by atoms with Crippen LogP contribution in [0.2, 0.25) is 0 Å². The van der Waals surface area contributed by atoms with Crippen LogP contribution in [0.5, 0.6) is 0 Å². The third kappa shape index (κ3) is 2.47. The number of nitrogens with two attached hydrogens (primary N) is 1. The van der Waals surface area contributed by atoms with Crippen LogP contribution in [0.25, 0.3) is 0 Å². The predicted octanol–water partition coefficient (Wildman–Crippen LogP) is 2.56. The Morgan fingerprint density at radius 1 is 1.44 bits per heavy atom. The first-order valence-electron chi connectivity index (χ1n) is 5.81. The minimum absolute atomic E-state index is 0.0547. The Hall–Kier alpha value is -1.22. The summed E-state index contributed by atoms with van der Waals surface area (Å²) < 4.78 is 5.53. The van der Waals surface area contributed by atoms with Gasteiger partial charge in [-0.05, 0) is 50.5 Å². The minimum atomic E-state index is 0.0547. The molecule has 1 aromatic rings. The number of ether oxygens (including phenoxy) is 1. The number of hydrogen-bond acceptors (Lipinski definition) is 3. The van der Waals surface area contributed by atoms with E-state index < -0.39 is 0 Å². The molecule has 0 amide bonds. The highest BCUT2D eigenvalue weighted by Gasteiger charge is 2.27. The Balaban J connectivity index is 2.13. The van der Waals surface area contributed by atoms with Gasteiger partial charge in [-0.15, -0.1) is 0 Å². The molecule has 0 bridgehead atoms. The molecule has 0 aromatic heterocycles. The fourth-order valence-corrected chi connectivity index (χ4v) is 2.18. The largest absolute Gasteiger partial charge is 0.399 e. The Bertz CT molecular complexity index is 370. The van der Waals surface area contributed by atoms with Crippen molar-refractivity contribution >= 4 is 11.4 Å². The number of aryl methyl sites for hydroxylation is 1. The molecule has 3 heteroatoms. The van der Waals surface area contributed by atoms with Gasteiger partial charge in [-0.3, -0.25) is 0 Å². The lowest BCUT2D eigenvalue weighted by atomic mass is 9.94. The zero-order valence-electron chi connectivity index (χ0n) is 10.0. The van der Waals surface area contributed by atoms with Crippen molar-refractivity contribution in [3.05, 3.63) is 23.8 Å². The molecule has 16 heavy (non-hydrogen) atoms. The summed E-state index contributed by atoms with van der Waals surface area (Å²) in [7, 11) is 0. The van der Waals surface area contributed by atoms with Crippen LogP contribution in [0, 0.1) is 6.92 Å². The summed E-state index contributed by atoms with van der Waals surface area (Å²) in [5.41, 5.74) is 8.95. The Morgan fingerprint density at radius 2 is 2.25 bits per heavy atom. The highest BCUT2D eigenvalue weighted by atomic mass is 16.5. The van der Waals surface area contributed by atoms with Gasteiger partial charge in [-0.2, -0.15) is 0 Å². The van der Waals surface area contributed by atoms with Crippen molar-refractivity contribution in [1.82, 2.24) is 0 Å². The zero-order chi connectivity index (χ0) is 11.6. The Kier molecular flexibility index (Phi) is 3.06. The quantitative estimate of drug-likeness (QED) is 0.753. The van der Waals surface area contributed by atoms with Gasteiger partial charge in [-0.25, -0.2) is 0 Å². The maximum atomic E-state index is 5.74. The third-order valence-electron chi connectivity index (χ3n) is 3.12. The number of benzene rings is 1. The normalized spacial score (nSPS) is 25.4. The molecule has 1 aromatic carbocycles. The second-order valence-electron chi connectivity index (χ2n) is 4.92. The number of nitrogen functional groups attached to an aromatic ring is 1.